The number of aryl methyl sites for hydroxylation is 1. The zero-order valence-electron chi connectivity index (χ0n) is 15.0. The van der Waals surface area contributed by atoms with E-state index in [1.807, 2.05) is 55.8 Å². The molecule has 2 aromatic rings. The Hall–Kier alpha value is -2.63. The molecule has 2 N–H and O–H groups in total. The Bertz CT molecular complexity index is 738. The summed E-state index contributed by atoms with van der Waals surface area (Å²) in [7, 11) is 0. The summed E-state index contributed by atoms with van der Waals surface area (Å²) in [6, 6.07) is 9.76. The van der Waals surface area contributed by atoms with Crippen molar-refractivity contribution >= 4 is 11.9 Å². The van der Waals surface area contributed by atoms with Gasteiger partial charge >= 0.3 is 5.97 Å². The lowest BCUT2D eigenvalue weighted by molar-refractivity contribution is -0.141. The molecule has 0 aliphatic rings. The molecule has 1 amide bonds. The van der Waals surface area contributed by atoms with E-state index in [1.54, 1.807) is 0 Å². The maximum absolute atomic E-state index is 12.3. The molecule has 6 nitrogen and oxygen atoms in total. The highest BCUT2D eigenvalue weighted by molar-refractivity contribution is 5.80. The molecule has 134 valence electrons. The van der Waals surface area contributed by atoms with Crippen LogP contribution in [0.25, 0.3) is 5.69 Å². The summed E-state index contributed by atoms with van der Waals surface area (Å²) in [5.74, 6) is -1.59. The number of carboxylic acid groups (broad SMARTS) is 1. The summed E-state index contributed by atoms with van der Waals surface area (Å²) in [6.45, 7) is 5.91. The number of benzene rings is 1. The number of para-hydroxylation sites is 1. The largest absolute Gasteiger partial charge is 0.481 e. The van der Waals surface area contributed by atoms with Gasteiger partial charge in [-0.15, -0.1) is 0 Å². The van der Waals surface area contributed by atoms with Crippen molar-refractivity contribution < 1.29 is 14.7 Å². The van der Waals surface area contributed by atoms with Crippen molar-refractivity contribution in [3.8, 4) is 5.69 Å². The second-order valence-corrected chi connectivity index (χ2v) is 6.20. The molecule has 0 spiro atoms. The van der Waals surface area contributed by atoms with E-state index in [0.29, 0.717) is 6.42 Å². The summed E-state index contributed by atoms with van der Waals surface area (Å²) in [4.78, 5) is 23.4. The number of nitrogens with one attached hydrogen (secondary N) is 1. The first-order valence-corrected chi connectivity index (χ1v) is 8.54. The van der Waals surface area contributed by atoms with E-state index in [9.17, 15) is 9.59 Å². The molecule has 1 aromatic carbocycles. The predicted octanol–water partition coefficient (Wildman–Crippen LogP) is 2.65. The van der Waals surface area contributed by atoms with E-state index in [2.05, 4.69) is 10.4 Å². The van der Waals surface area contributed by atoms with Gasteiger partial charge in [0.05, 0.1) is 23.7 Å². The summed E-state index contributed by atoms with van der Waals surface area (Å²) < 4.78 is 1.83. The van der Waals surface area contributed by atoms with Crippen LogP contribution in [-0.2, 0) is 16.0 Å². The van der Waals surface area contributed by atoms with Crippen LogP contribution in [0.4, 0.5) is 0 Å². The topological polar surface area (TPSA) is 84.2 Å². The molecule has 0 saturated carbocycles. The third-order valence-electron chi connectivity index (χ3n) is 4.31. The molecule has 1 atom stereocenters. The smallest absolute Gasteiger partial charge is 0.308 e. The fourth-order valence-electron chi connectivity index (χ4n) is 2.87. The van der Waals surface area contributed by atoms with E-state index in [1.165, 1.54) is 0 Å². The van der Waals surface area contributed by atoms with Gasteiger partial charge in [-0.2, -0.15) is 5.10 Å². The van der Waals surface area contributed by atoms with Gasteiger partial charge in [0.25, 0.3) is 0 Å². The van der Waals surface area contributed by atoms with Crippen molar-refractivity contribution in [1.29, 1.82) is 0 Å². The zero-order chi connectivity index (χ0) is 18.4. The van der Waals surface area contributed by atoms with Crippen LogP contribution in [-0.4, -0.2) is 33.3 Å². The molecule has 0 bridgehead atoms. The van der Waals surface area contributed by atoms with Crippen molar-refractivity contribution in [1.82, 2.24) is 15.1 Å². The van der Waals surface area contributed by atoms with Crippen molar-refractivity contribution in [2.24, 2.45) is 5.92 Å². The molecular weight excluding hydrogens is 318 g/mol. The Kier molecular flexibility index (Phi) is 6.33. The fraction of sp³-hybridized carbons (Fsp3) is 0.421. The van der Waals surface area contributed by atoms with E-state index in [-0.39, 0.29) is 18.9 Å². The molecule has 6 heteroatoms. The number of hydrogen-bond acceptors (Lipinski definition) is 3. The first-order valence-electron chi connectivity index (χ1n) is 8.54. The molecule has 0 aliphatic heterocycles. The molecule has 0 radical (unpaired) electrons. The number of rotatable bonds is 8. The average molecular weight is 343 g/mol. The number of aromatic nitrogens is 2. The van der Waals surface area contributed by atoms with Gasteiger partial charge in [-0.1, -0.05) is 31.5 Å². The standard InChI is InChI=1S/C19H25N3O3/c1-4-8-15(19(24)25)12-20-18(23)11-17-13(2)21-22(14(17)3)16-9-6-5-7-10-16/h5-7,9-10,15H,4,8,11-12H2,1-3H3,(H,20,23)(H,24,25). The Morgan fingerprint density at radius 1 is 1.24 bits per heavy atom. The number of aliphatic carboxylic acids is 1. The Labute approximate surface area is 147 Å². The van der Waals surface area contributed by atoms with E-state index in [0.717, 1.165) is 29.1 Å². The van der Waals surface area contributed by atoms with Crippen molar-refractivity contribution in [3.05, 3.63) is 47.3 Å². The normalized spacial score (nSPS) is 12.0. The highest BCUT2D eigenvalue weighted by Gasteiger charge is 2.19. The molecule has 25 heavy (non-hydrogen) atoms. The fourth-order valence-corrected chi connectivity index (χ4v) is 2.87. The SMILES string of the molecule is CCCC(CNC(=O)Cc1c(C)nn(-c2ccccc2)c1C)C(=O)O. The lowest BCUT2D eigenvalue weighted by atomic mass is 10.0. The maximum atomic E-state index is 12.3. The van der Waals surface area contributed by atoms with Crippen LogP contribution in [0.5, 0.6) is 0 Å². The summed E-state index contributed by atoms with van der Waals surface area (Å²) in [6.07, 6.45) is 1.53. The maximum Gasteiger partial charge on any atom is 0.308 e. The zero-order valence-corrected chi connectivity index (χ0v) is 15.0. The summed E-state index contributed by atoms with van der Waals surface area (Å²) in [5, 5.41) is 16.4. The minimum Gasteiger partial charge on any atom is -0.481 e. The summed E-state index contributed by atoms with van der Waals surface area (Å²) >= 11 is 0. The van der Waals surface area contributed by atoms with E-state index < -0.39 is 11.9 Å². The number of amides is 1. The van der Waals surface area contributed by atoms with Crippen LogP contribution < -0.4 is 5.32 Å². The highest BCUT2D eigenvalue weighted by Crippen LogP contribution is 2.18. The molecule has 1 heterocycles. The van der Waals surface area contributed by atoms with Gasteiger partial charge in [-0.3, -0.25) is 9.59 Å². The van der Waals surface area contributed by atoms with Crippen LogP contribution in [0.3, 0.4) is 0 Å². The van der Waals surface area contributed by atoms with Gasteiger partial charge in [0.2, 0.25) is 5.91 Å². The molecular formula is C19H25N3O3. The van der Waals surface area contributed by atoms with Crippen LogP contribution in [0, 0.1) is 19.8 Å². The monoisotopic (exact) mass is 343 g/mol. The number of hydrogen-bond donors (Lipinski definition) is 2. The van der Waals surface area contributed by atoms with Gasteiger partial charge < -0.3 is 10.4 Å². The van der Waals surface area contributed by atoms with Gasteiger partial charge in [0.1, 0.15) is 0 Å². The molecule has 0 aliphatic carbocycles. The number of carbonyl (C=O) groups is 2. The summed E-state index contributed by atoms with van der Waals surface area (Å²) in [5.41, 5.74) is 3.55. The quantitative estimate of drug-likeness (QED) is 0.772. The third kappa shape index (κ3) is 4.68. The predicted molar refractivity (Wildman–Crippen MR) is 95.8 cm³/mol. The minimum absolute atomic E-state index is 0.160. The number of carbonyl (C=O) groups excluding carboxylic acids is 1. The van der Waals surface area contributed by atoms with Gasteiger partial charge in [-0.05, 0) is 32.4 Å². The lowest BCUT2D eigenvalue weighted by Crippen LogP contribution is -2.34. The first kappa shape index (κ1) is 18.7. The van der Waals surface area contributed by atoms with Crippen LogP contribution >= 0.6 is 0 Å². The Morgan fingerprint density at radius 3 is 2.52 bits per heavy atom. The van der Waals surface area contributed by atoms with Crippen LogP contribution in [0.15, 0.2) is 30.3 Å². The van der Waals surface area contributed by atoms with Gasteiger partial charge in [0, 0.05) is 17.8 Å². The van der Waals surface area contributed by atoms with E-state index in [4.69, 9.17) is 5.11 Å². The van der Waals surface area contributed by atoms with Crippen molar-refractivity contribution in [2.75, 3.05) is 6.54 Å². The molecule has 1 aromatic heterocycles. The van der Waals surface area contributed by atoms with Crippen LogP contribution in [0.2, 0.25) is 0 Å². The van der Waals surface area contributed by atoms with Crippen molar-refractivity contribution in [3.63, 3.8) is 0 Å². The third-order valence-corrected chi connectivity index (χ3v) is 4.31. The highest BCUT2D eigenvalue weighted by atomic mass is 16.4. The van der Waals surface area contributed by atoms with Crippen LogP contribution in [0.1, 0.15) is 36.7 Å². The molecule has 1 unspecified atom stereocenters. The molecule has 2 rings (SSSR count). The van der Waals surface area contributed by atoms with Gasteiger partial charge in [-0.25, -0.2) is 4.68 Å². The average Bonchev–Trinajstić information content (AvgIpc) is 2.87. The number of carboxylic acids is 1. The van der Waals surface area contributed by atoms with E-state index >= 15 is 0 Å². The molecule has 0 fully saturated rings. The first-order chi connectivity index (χ1) is 11.9. The van der Waals surface area contributed by atoms with Gasteiger partial charge in [0.15, 0.2) is 0 Å². The Morgan fingerprint density at radius 2 is 1.92 bits per heavy atom. The van der Waals surface area contributed by atoms with Crippen molar-refractivity contribution in [2.45, 2.75) is 40.0 Å². The molecule has 0 saturated heterocycles. The second kappa shape index (κ2) is 8.46. The second-order valence-electron chi connectivity index (χ2n) is 6.20. The lowest BCUT2D eigenvalue weighted by Gasteiger charge is -2.12. The Balaban J connectivity index is 2.06. The minimum atomic E-state index is -0.869. The number of nitrogens with zero attached hydrogens (tertiary/aromatic N) is 2.